The normalized spacial score (nSPS) is 15.2. The minimum atomic E-state index is -0.620. The summed E-state index contributed by atoms with van der Waals surface area (Å²) in [6, 6.07) is 1.73. The van der Waals surface area contributed by atoms with E-state index >= 15 is 0 Å². The van der Waals surface area contributed by atoms with Crippen LogP contribution in [0.15, 0.2) is 10.5 Å². The van der Waals surface area contributed by atoms with Crippen molar-refractivity contribution in [3.05, 3.63) is 16.1 Å². The van der Waals surface area contributed by atoms with Gasteiger partial charge in [-0.2, -0.15) is 0 Å². The molecule has 0 spiro atoms. The first-order valence-electron chi connectivity index (χ1n) is 4.49. The van der Waals surface area contributed by atoms with Gasteiger partial charge < -0.3 is 19.3 Å². The zero-order chi connectivity index (χ0) is 11.0. The second-order valence-corrected chi connectivity index (χ2v) is 4.02. The van der Waals surface area contributed by atoms with Crippen molar-refractivity contribution in [3.63, 3.8) is 0 Å². The summed E-state index contributed by atoms with van der Waals surface area (Å²) >= 11 is 3.37. The fraction of sp³-hybridized carbons (Fsp3) is 0.400. The largest absolute Gasteiger partial charge is 0.495 e. The van der Waals surface area contributed by atoms with Gasteiger partial charge in [0.1, 0.15) is 10.2 Å². The maximum Gasteiger partial charge on any atom is 0.231 e. The molecule has 4 nitrogen and oxygen atoms in total. The Morgan fingerprint density at radius 2 is 2.27 bits per heavy atom. The highest BCUT2D eigenvalue weighted by atomic mass is 79.9. The Bertz CT molecular complexity index is 389. The Kier molecular flexibility index (Phi) is 2.75. The van der Waals surface area contributed by atoms with E-state index in [1.165, 1.54) is 0 Å². The van der Waals surface area contributed by atoms with Crippen molar-refractivity contribution in [2.75, 3.05) is 13.9 Å². The molecule has 1 aromatic rings. The van der Waals surface area contributed by atoms with Crippen molar-refractivity contribution in [1.82, 2.24) is 0 Å². The predicted octanol–water partition coefficient (Wildman–Crippen LogP) is 2.24. The highest BCUT2D eigenvalue weighted by molar-refractivity contribution is 9.10. The molecule has 1 aliphatic heterocycles. The lowest BCUT2D eigenvalue weighted by molar-refractivity contribution is 0.173. The van der Waals surface area contributed by atoms with E-state index in [4.69, 9.17) is 14.2 Å². The van der Waals surface area contributed by atoms with Gasteiger partial charge in [-0.15, -0.1) is 0 Å². The van der Waals surface area contributed by atoms with Crippen LogP contribution < -0.4 is 14.2 Å². The highest BCUT2D eigenvalue weighted by Crippen LogP contribution is 2.48. The number of benzene rings is 1. The topological polar surface area (TPSA) is 47.9 Å². The smallest absolute Gasteiger partial charge is 0.231 e. The van der Waals surface area contributed by atoms with Gasteiger partial charge in [0, 0.05) is 5.56 Å². The third-order valence-electron chi connectivity index (χ3n) is 2.24. The lowest BCUT2D eigenvalue weighted by Gasteiger charge is -2.14. The fourth-order valence-electron chi connectivity index (χ4n) is 1.52. The van der Waals surface area contributed by atoms with Crippen LogP contribution in [-0.2, 0) is 0 Å². The maximum absolute atomic E-state index is 9.59. The van der Waals surface area contributed by atoms with Crippen molar-refractivity contribution in [1.29, 1.82) is 0 Å². The first kappa shape index (κ1) is 10.6. The molecular formula is C10H11BrO4. The third kappa shape index (κ3) is 1.66. The van der Waals surface area contributed by atoms with Crippen LogP contribution in [0.1, 0.15) is 18.6 Å². The molecule has 82 valence electrons. The molecule has 1 unspecified atom stereocenters. The van der Waals surface area contributed by atoms with Crippen molar-refractivity contribution < 1.29 is 19.3 Å². The van der Waals surface area contributed by atoms with E-state index < -0.39 is 6.10 Å². The van der Waals surface area contributed by atoms with Gasteiger partial charge in [0.2, 0.25) is 6.79 Å². The number of fused-ring (bicyclic) bond motifs is 1. The Hall–Kier alpha value is -0.940. The first-order chi connectivity index (χ1) is 7.15. The van der Waals surface area contributed by atoms with E-state index in [1.54, 1.807) is 20.1 Å². The van der Waals surface area contributed by atoms with Crippen LogP contribution in [0.3, 0.4) is 0 Å². The molecule has 1 N–H and O–H groups in total. The summed E-state index contributed by atoms with van der Waals surface area (Å²) in [5.74, 6) is 1.82. The minimum absolute atomic E-state index is 0.195. The zero-order valence-corrected chi connectivity index (χ0v) is 10.00. The van der Waals surface area contributed by atoms with Crippen LogP contribution in [0.4, 0.5) is 0 Å². The van der Waals surface area contributed by atoms with Crippen LogP contribution in [0.25, 0.3) is 0 Å². The maximum atomic E-state index is 9.59. The molecule has 15 heavy (non-hydrogen) atoms. The van der Waals surface area contributed by atoms with Gasteiger partial charge in [0.15, 0.2) is 11.5 Å². The van der Waals surface area contributed by atoms with E-state index in [1.807, 2.05) is 0 Å². The van der Waals surface area contributed by atoms with Crippen LogP contribution >= 0.6 is 15.9 Å². The summed E-state index contributed by atoms with van der Waals surface area (Å²) in [5, 5.41) is 9.59. The van der Waals surface area contributed by atoms with Gasteiger partial charge in [0.25, 0.3) is 0 Å². The fourth-order valence-corrected chi connectivity index (χ4v) is 2.22. The molecule has 0 aliphatic carbocycles. The zero-order valence-electron chi connectivity index (χ0n) is 8.41. The number of rotatable bonds is 2. The lowest BCUT2D eigenvalue weighted by Crippen LogP contribution is -1.97. The van der Waals surface area contributed by atoms with Crippen LogP contribution in [-0.4, -0.2) is 19.0 Å². The first-order valence-corrected chi connectivity index (χ1v) is 5.28. The Labute approximate surface area is 95.9 Å². The van der Waals surface area contributed by atoms with E-state index in [-0.39, 0.29) is 6.79 Å². The summed E-state index contributed by atoms with van der Waals surface area (Å²) in [6.45, 7) is 1.87. The molecule has 0 fully saturated rings. The van der Waals surface area contributed by atoms with Crippen molar-refractivity contribution >= 4 is 15.9 Å². The quantitative estimate of drug-likeness (QED) is 0.899. The van der Waals surface area contributed by atoms with E-state index in [0.29, 0.717) is 27.3 Å². The average Bonchev–Trinajstić information content (AvgIpc) is 2.65. The molecule has 0 amide bonds. The monoisotopic (exact) mass is 274 g/mol. The Morgan fingerprint density at radius 1 is 1.53 bits per heavy atom. The van der Waals surface area contributed by atoms with Crippen molar-refractivity contribution in [2.45, 2.75) is 13.0 Å². The SMILES string of the molecule is COc1c(C(C)O)cc2c(c1Br)OCO2. The van der Waals surface area contributed by atoms with Gasteiger partial charge in [-0.05, 0) is 28.9 Å². The number of aliphatic hydroxyl groups excluding tert-OH is 1. The molecule has 1 atom stereocenters. The summed E-state index contributed by atoms with van der Waals surface area (Å²) in [4.78, 5) is 0. The Balaban J connectivity index is 2.61. The highest BCUT2D eigenvalue weighted by Gasteiger charge is 2.25. The van der Waals surface area contributed by atoms with E-state index in [9.17, 15) is 5.11 Å². The van der Waals surface area contributed by atoms with Crippen LogP contribution in [0.5, 0.6) is 17.2 Å². The van der Waals surface area contributed by atoms with Crippen molar-refractivity contribution in [2.24, 2.45) is 0 Å². The summed E-state index contributed by atoms with van der Waals surface area (Å²) in [6.07, 6.45) is -0.620. The predicted molar refractivity (Wildman–Crippen MR) is 57.5 cm³/mol. The number of methoxy groups -OCH3 is 1. The molecule has 0 saturated heterocycles. The Morgan fingerprint density at radius 3 is 2.87 bits per heavy atom. The number of hydrogen-bond acceptors (Lipinski definition) is 4. The molecule has 0 aromatic heterocycles. The molecular weight excluding hydrogens is 264 g/mol. The number of ether oxygens (including phenoxy) is 3. The van der Waals surface area contributed by atoms with Crippen LogP contribution in [0.2, 0.25) is 0 Å². The van der Waals surface area contributed by atoms with Crippen molar-refractivity contribution in [3.8, 4) is 17.2 Å². The second kappa shape index (κ2) is 3.90. The van der Waals surface area contributed by atoms with Gasteiger partial charge >= 0.3 is 0 Å². The summed E-state index contributed by atoms with van der Waals surface area (Å²) in [5.41, 5.74) is 0.675. The van der Waals surface area contributed by atoms with Crippen LogP contribution in [0, 0.1) is 0 Å². The van der Waals surface area contributed by atoms with Gasteiger partial charge in [-0.25, -0.2) is 0 Å². The number of halogens is 1. The van der Waals surface area contributed by atoms with Gasteiger partial charge in [-0.1, -0.05) is 0 Å². The summed E-state index contributed by atoms with van der Waals surface area (Å²) < 4.78 is 16.4. The van der Waals surface area contributed by atoms with Gasteiger partial charge in [-0.3, -0.25) is 0 Å². The molecule has 0 bridgehead atoms. The number of aliphatic hydroxyl groups is 1. The molecule has 1 aliphatic rings. The van der Waals surface area contributed by atoms with Gasteiger partial charge in [0.05, 0.1) is 13.2 Å². The van der Waals surface area contributed by atoms with E-state index in [2.05, 4.69) is 15.9 Å². The number of hydrogen-bond donors (Lipinski definition) is 1. The molecule has 1 heterocycles. The molecule has 0 radical (unpaired) electrons. The van der Waals surface area contributed by atoms with E-state index in [0.717, 1.165) is 0 Å². The average molecular weight is 275 g/mol. The summed E-state index contributed by atoms with van der Waals surface area (Å²) in [7, 11) is 1.55. The molecule has 0 saturated carbocycles. The molecule has 5 heteroatoms. The standard InChI is InChI=1S/C10H11BrO4/c1-5(12)6-3-7-10(15-4-14-7)8(11)9(6)13-2/h3,5,12H,4H2,1-2H3. The molecule has 1 aromatic carbocycles. The third-order valence-corrected chi connectivity index (χ3v) is 2.96. The molecule has 2 rings (SSSR count). The second-order valence-electron chi connectivity index (χ2n) is 3.22. The lowest BCUT2D eigenvalue weighted by atomic mass is 10.1. The minimum Gasteiger partial charge on any atom is -0.495 e.